The predicted octanol–water partition coefficient (Wildman–Crippen LogP) is 3.72. The zero-order valence-corrected chi connectivity index (χ0v) is 15.5. The van der Waals surface area contributed by atoms with Crippen LogP contribution in [0.15, 0.2) is 22.8 Å². The lowest BCUT2D eigenvalue weighted by Gasteiger charge is -2.33. The molecule has 5 heteroatoms. The van der Waals surface area contributed by atoms with Crippen LogP contribution in [-0.4, -0.2) is 19.2 Å². The number of aromatic amines is 1. The Kier molecular flexibility index (Phi) is 4.82. The van der Waals surface area contributed by atoms with Crippen LogP contribution in [0.4, 0.5) is 5.82 Å². The van der Waals surface area contributed by atoms with Crippen molar-refractivity contribution in [3.8, 4) is 17.5 Å². The van der Waals surface area contributed by atoms with Crippen molar-refractivity contribution in [1.82, 2.24) is 0 Å². The number of hydrogen-bond acceptors (Lipinski definition) is 4. The zero-order valence-electron chi connectivity index (χ0n) is 15.5. The summed E-state index contributed by atoms with van der Waals surface area (Å²) in [6, 6.07) is 6.25. The Hall–Kier alpha value is -2.32. The molecule has 5 nitrogen and oxygen atoms in total. The first kappa shape index (κ1) is 17.5. The van der Waals surface area contributed by atoms with Gasteiger partial charge in [-0.05, 0) is 38.0 Å². The van der Waals surface area contributed by atoms with Crippen molar-refractivity contribution in [1.29, 1.82) is 5.26 Å². The standard InChI is InChI=1S/C20H25N3O2/c1-5-6-9-23(4)19-15(12-21)14-11-20(2,3)25-13-16(14)18(22-19)17-8-7-10-24-17/h7-8,10H,5-6,9,11,13H2,1-4H3/p+1. The van der Waals surface area contributed by atoms with Crippen molar-refractivity contribution in [3.05, 3.63) is 35.1 Å². The lowest BCUT2D eigenvalue weighted by atomic mass is 9.87. The molecule has 0 atom stereocenters. The molecule has 1 aliphatic rings. The number of rotatable bonds is 5. The highest BCUT2D eigenvalue weighted by atomic mass is 16.5. The topological polar surface area (TPSA) is 63.5 Å². The van der Waals surface area contributed by atoms with Gasteiger partial charge in [-0.1, -0.05) is 13.3 Å². The Labute approximate surface area is 149 Å². The van der Waals surface area contributed by atoms with Crippen LogP contribution in [0, 0.1) is 11.3 Å². The number of hydrogen-bond donors (Lipinski definition) is 0. The molecule has 0 aliphatic carbocycles. The summed E-state index contributed by atoms with van der Waals surface area (Å²) < 4.78 is 11.6. The van der Waals surface area contributed by atoms with E-state index < -0.39 is 0 Å². The van der Waals surface area contributed by atoms with Gasteiger partial charge in [0.15, 0.2) is 11.5 Å². The molecule has 0 amide bonds. The maximum atomic E-state index is 9.88. The summed E-state index contributed by atoms with van der Waals surface area (Å²) in [7, 11) is 2.03. The van der Waals surface area contributed by atoms with Gasteiger partial charge in [-0.2, -0.15) is 5.26 Å². The molecule has 0 fully saturated rings. The first-order valence-electron chi connectivity index (χ1n) is 8.87. The fraction of sp³-hybridized carbons (Fsp3) is 0.500. The lowest BCUT2D eigenvalue weighted by molar-refractivity contribution is -0.353. The highest BCUT2D eigenvalue weighted by Gasteiger charge is 2.35. The van der Waals surface area contributed by atoms with E-state index in [2.05, 4.69) is 36.7 Å². The van der Waals surface area contributed by atoms with Gasteiger partial charge in [0.25, 0.3) is 5.82 Å². The Bertz CT molecular complexity index is 788. The van der Waals surface area contributed by atoms with Crippen LogP contribution in [0.5, 0.6) is 0 Å². The molecule has 3 rings (SSSR count). The van der Waals surface area contributed by atoms with E-state index in [1.165, 1.54) is 0 Å². The molecule has 0 bridgehead atoms. The molecule has 2 aromatic heterocycles. The largest absolute Gasteiger partial charge is 0.461 e. The van der Waals surface area contributed by atoms with Gasteiger partial charge in [0.1, 0.15) is 11.6 Å². The number of aromatic nitrogens is 1. The van der Waals surface area contributed by atoms with Crippen LogP contribution in [0.1, 0.15) is 50.3 Å². The second-order valence-corrected chi connectivity index (χ2v) is 7.27. The molecule has 132 valence electrons. The third kappa shape index (κ3) is 3.40. The minimum absolute atomic E-state index is 0.278. The van der Waals surface area contributed by atoms with Crippen molar-refractivity contribution >= 4 is 5.82 Å². The van der Waals surface area contributed by atoms with Crippen molar-refractivity contribution in [2.24, 2.45) is 0 Å². The van der Waals surface area contributed by atoms with E-state index in [9.17, 15) is 5.26 Å². The quantitative estimate of drug-likeness (QED) is 0.832. The fourth-order valence-corrected chi connectivity index (χ4v) is 3.34. The van der Waals surface area contributed by atoms with Crippen LogP contribution in [0.3, 0.4) is 0 Å². The molecule has 3 heterocycles. The first-order valence-corrected chi connectivity index (χ1v) is 8.87. The number of furan rings is 1. The molecule has 0 unspecified atom stereocenters. The van der Waals surface area contributed by atoms with Gasteiger partial charge in [-0.3, -0.25) is 4.90 Å². The fourth-order valence-electron chi connectivity index (χ4n) is 3.34. The summed E-state index contributed by atoms with van der Waals surface area (Å²) in [5.41, 5.74) is 3.45. The van der Waals surface area contributed by atoms with E-state index in [1.807, 2.05) is 19.2 Å². The summed E-state index contributed by atoms with van der Waals surface area (Å²) in [6.07, 6.45) is 4.57. The van der Waals surface area contributed by atoms with E-state index in [4.69, 9.17) is 9.15 Å². The lowest BCUT2D eigenvalue weighted by Crippen LogP contribution is -2.37. The third-order valence-electron chi connectivity index (χ3n) is 4.77. The van der Waals surface area contributed by atoms with Crippen LogP contribution in [0.25, 0.3) is 11.5 Å². The van der Waals surface area contributed by atoms with Crippen molar-refractivity contribution < 1.29 is 14.1 Å². The average Bonchev–Trinajstić information content (AvgIpc) is 3.11. The number of anilines is 1. The van der Waals surface area contributed by atoms with Gasteiger partial charge in [0.2, 0.25) is 0 Å². The number of pyridine rings is 1. The second-order valence-electron chi connectivity index (χ2n) is 7.27. The number of unbranched alkanes of at least 4 members (excludes halogenated alkanes) is 1. The monoisotopic (exact) mass is 340 g/mol. The van der Waals surface area contributed by atoms with Crippen molar-refractivity contribution in [3.63, 3.8) is 0 Å². The molecule has 0 saturated heterocycles. The number of nitrogens with one attached hydrogen (secondary N) is 1. The van der Waals surface area contributed by atoms with E-state index in [0.29, 0.717) is 13.0 Å². The van der Waals surface area contributed by atoms with Crippen molar-refractivity contribution in [2.75, 3.05) is 18.5 Å². The number of fused-ring (bicyclic) bond motifs is 1. The summed E-state index contributed by atoms with van der Waals surface area (Å²) in [6.45, 7) is 7.69. The Morgan fingerprint density at radius 2 is 2.16 bits per heavy atom. The normalized spacial score (nSPS) is 15.5. The van der Waals surface area contributed by atoms with Crippen LogP contribution >= 0.6 is 0 Å². The third-order valence-corrected chi connectivity index (χ3v) is 4.77. The van der Waals surface area contributed by atoms with Gasteiger partial charge in [-0.25, -0.2) is 4.98 Å². The molecule has 0 saturated carbocycles. The van der Waals surface area contributed by atoms with Gasteiger partial charge in [0, 0.05) is 12.0 Å². The first-order chi connectivity index (χ1) is 12.0. The molecule has 0 radical (unpaired) electrons. The molecule has 25 heavy (non-hydrogen) atoms. The summed E-state index contributed by atoms with van der Waals surface area (Å²) >= 11 is 0. The maximum absolute atomic E-state index is 9.88. The molecular formula is C20H26N3O2+. The number of ether oxygens (including phenoxy) is 1. The number of nitrogens with zero attached hydrogens (tertiary/aromatic N) is 2. The number of nitriles is 1. The summed E-state index contributed by atoms with van der Waals surface area (Å²) in [5, 5.41) is 9.88. The van der Waals surface area contributed by atoms with Crippen LogP contribution in [-0.2, 0) is 17.8 Å². The maximum Gasteiger partial charge on any atom is 0.293 e. The zero-order chi connectivity index (χ0) is 18.0. The minimum atomic E-state index is -0.278. The van der Waals surface area contributed by atoms with Gasteiger partial charge in [0.05, 0.1) is 32.1 Å². The van der Waals surface area contributed by atoms with Crippen LogP contribution in [0.2, 0.25) is 0 Å². The highest BCUT2D eigenvalue weighted by molar-refractivity contribution is 5.65. The molecule has 1 N–H and O–H groups in total. The average molecular weight is 340 g/mol. The Morgan fingerprint density at radius 3 is 2.80 bits per heavy atom. The second kappa shape index (κ2) is 6.89. The molecule has 0 aromatic carbocycles. The van der Waals surface area contributed by atoms with Crippen molar-refractivity contribution in [2.45, 2.75) is 52.2 Å². The molecule has 2 aromatic rings. The summed E-state index contributed by atoms with van der Waals surface area (Å²) in [5.74, 6) is 1.63. The van der Waals surface area contributed by atoms with E-state index >= 15 is 0 Å². The van der Waals surface area contributed by atoms with E-state index in [1.54, 1.807) is 6.26 Å². The van der Waals surface area contributed by atoms with Gasteiger partial charge >= 0.3 is 0 Å². The van der Waals surface area contributed by atoms with Crippen LogP contribution < -0.4 is 9.88 Å². The summed E-state index contributed by atoms with van der Waals surface area (Å²) in [4.78, 5) is 5.60. The smallest absolute Gasteiger partial charge is 0.293 e. The Balaban J connectivity index is 2.19. The van der Waals surface area contributed by atoms with E-state index in [-0.39, 0.29) is 5.60 Å². The minimum Gasteiger partial charge on any atom is -0.461 e. The SMILES string of the molecule is CCCCN(C)c1[nH+]c(-c2ccco2)c2c(c1C#N)CC(C)(C)OC2. The number of H-pyrrole nitrogens is 1. The predicted molar refractivity (Wildman–Crippen MR) is 96.2 cm³/mol. The molecule has 1 aliphatic heterocycles. The Morgan fingerprint density at radius 1 is 1.36 bits per heavy atom. The molecule has 0 spiro atoms. The molecular weight excluding hydrogens is 314 g/mol. The van der Waals surface area contributed by atoms with Gasteiger partial charge < -0.3 is 9.15 Å². The highest BCUT2D eigenvalue weighted by Crippen LogP contribution is 2.36. The van der Waals surface area contributed by atoms with E-state index in [0.717, 1.165) is 53.3 Å². The van der Waals surface area contributed by atoms with Gasteiger partial charge in [-0.15, -0.1) is 0 Å².